The number of nitrogens with zero attached hydrogens (tertiary/aromatic N) is 3. The maximum atomic E-state index is 12.8. The van der Waals surface area contributed by atoms with E-state index in [-0.39, 0.29) is 23.4 Å². The average molecular weight is 537 g/mol. The van der Waals surface area contributed by atoms with E-state index in [1.165, 1.54) is 0 Å². The summed E-state index contributed by atoms with van der Waals surface area (Å²) in [4.78, 5) is 34.4. The number of amides is 1. The number of rotatable bonds is 9. The van der Waals surface area contributed by atoms with E-state index in [2.05, 4.69) is 20.1 Å². The molecular formula is C33H36N4O3. The summed E-state index contributed by atoms with van der Waals surface area (Å²) >= 11 is 0. The second-order valence-corrected chi connectivity index (χ2v) is 10.4. The first-order chi connectivity index (χ1) is 19.6. The Morgan fingerprint density at radius 2 is 1.52 bits per heavy atom. The minimum absolute atomic E-state index is 0.0128. The van der Waals surface area contributed by atoms with Gasteiger partial charge in [0.05, 0.1) is 18.7 Å². The van der Waals surface area contributed by atoms with Gasteiger partial charge >= 0.3 is 0 Å². The number of carbonyl (C=O) groups is 2. The Hall–Kier alpha value is -4.07. The molecule has 1 saturated heterocycles. The lowest BCUT2D eigenvalue weighted by molar-refractivity contribution is -0.118. The maximum Gasteiger partial charge on any atom is 0.238 e. The second kappa shape index (κ2) is 13.3. The molecule has 0 saturated carbocycles. The summed E-state index contributed by atoms with van der Waals surface area (Å²) in [5.41, 5.74) is 4.33. The Labute approximate surface area is 235 Å². The minimum Gasteiger partial charge on any atom is -0.511 e. The summed E-state index contributed by atoms with van der Waals surface area (Å²) in [6, 6.07) is 27.8. The molecule has 206 valence electrons. The van der Waals surface area contributed by atoms with Crippen LogP contribution in [0.15, 0.2) is 101 Å². The van der Waals surface area contributed by atoms with Gasteiger partial charge in [0.25, 0.3) is 0 Å². The van der Waals surface area contributed by atoms with Crippen LogP contribution in [0.1, 0.15) is 24.3 Å². The van der Waals surface area contributed by atoms with Gasteiger partial charge in [-0.05, 0) is 23.1 Å². The van der Waals surface area contributed by atoms with E-state index in [1.54, 1.807) is 6.21 Å². The van der Waals surface area contributed by atoms with Gasteiger partial charge in [-0.25, -0.2) is 0 Å². The Balaban J connectivity index is 1.05. The zero-order chi connectivity index (χ0) is 27.7. The smallest absolute Gasteiger partial charge is 0.238 e. The summed E-state index contributed by atoms with van der Waals surface area (Å²) in [6.45, 7) is 5.02. The molecular weight excluding hydrogens is 500 g/mol. The Kier molecular flexibility index (Phi) is 9.16. The third-order valence-corrected chi connectivity index (χ3v) is 7.64. The predicted molar refractivity (Wildman–Crippen MR) is 160 cm³/mol. The van der Waals surface area contributed by atoms with Crippen LogP contribution in [0.5, 0.6) is 0 Å². The Morgan fingerprint density at radius 1 is 0.875 bits per heavy atom. The van der Waals surface area contributed by atoms with E-state index in [1.807, 2.05) is 84.9 Å². The van der Waals surface area contributed by atoms with Crippen molar-refractivity contribution in [3.05, 3.63) is 102 Å². The van der Waals surface area contributed by atoms with Gasteiger partial charge < -0.3 is 10.4 Å². The number of para-hydroxylation sites is 1. The lowest BCUT2D eigenvalue weighted by Gasteiger charge is -2.34. The maximum absolute atomic E-state index is 12.8. The highest BCUT2D eigenvalue weighted by atomic mass is 16.3. The fraction of sp³-hybridized carbons (Fsp3) is 0.303. The molecule has 2 N–H and O–H groups in total. The number of Topliss-reactive ketones (excluding diaryl/α,β-unsaturated/α-hetero) is 1. The van der Waals surface area contributed by atoms with Crippen molar-refractivity contribution in [2.45, 2.75) is 18.8 Å². The molecule has 1 aliphatic heterocycles. The van der Waals surface area contributed by atoms with Gasteiger partial charge in [-0.1, -0.05) is 78.9 Å². The molecule has 1 aliphatic carbocycles. The standard InChI is InChI=1S/C33H36N4O3/c38-31-21-27(25-9-3-1-4-10-25)22-32(39)29(31)23-34-15-16-36-17-19-37(20-18-36)24-33(40)35-30-14-8-7-13-28(30)26-11-5-2-6-12-26/h1-14,23,27,38H,15-22,24H2,(H,35,40). The fourth-order valence-corrected chi connectivity index (χ4v) is 5.40. The van der Waals surface area contributed by atoms with Crippen molar-refractivity contribution in [1.82, 2.24) is 9.80 Å². The van der Waals surface area contributed by atoms with Gasteiger partial charge in [-0.15, -0.1) is 0 Å². The lowest BCUT2D eigenvalue weighted by atomic mass is 9.83. The van der Waals surface area contributed by atoms with Crippen LogP contribution < -0.4 is 5.32 Å². The van der Waals surface area contributed by atoms with E-state index in [9.17, 15) is 14.7 Å². The summed E-state index contributed by atoms with van der Waals surface area (Å²) in [6.07, 6.45) is 2.40. The van der Waals surface area contributed by atoms with Crippen molar-refractivity contribution in [3.8, 4) is 11.1 Å². The number of anilines is 1. The van der Waals surface area contributed by atoms with Crippen molar-refractivity contribution >= 4 is 23.6 Å². The highest BCUT2D eigenvalue weighted by Crippen LogP contribution is 2.33. The monoisotopic (exact) mass is 536 g/mol. The first-order valence-electron chi connectivity index (χ1n) is 14.0. The van der Waals surface area contributed by atoms with E-state index >= 15 is 0 Å². The average Bonchev–Trinajstić information content (AvgIpc) is 2.98. The number of carbonyl (C=O) groups excluding carboxylic acids is 2. The molecule has 0 spiro atoms. The topological polar surface area (TPSA) is 85.2 Å². The lowest BCUT2D eigenvalue weighted by Crippen LogP contribution is -2.49. The molecule has 3 aromatic carbocycles. The molecule has 5 rings (SSSR count). The summed E-state index contributed by atoms with van der Waals surface area (Å²) in [5, 5.41) is 13.6. The zero-order valence-corrected chi connectivity index (χ0v) is 22.7. The largest absolute Gasteiger partial charge is 0.511 e. The molecule has 0 bridgehead atoms. The third kappa shape index (κ3) is 7.11. The van der Waals surface area contributed by atoms with Crippen LogP contribution >= 0.6 is 0 Å². The van der Waals surface area contributed by atoms with Crippen LogP contribution in [0.25, 0.3) is 11.1 Å². The first kappa shape index (κ1) is 27.5. The molecule has 40 heavy (non-hydrogen) atoms. The van der Waals surface area contributed by atoms with Crippen LogP contribution in [-0.4, -0.2) is 78.6 Å². The van der Waals surface area contributed by atoms with Gasteiger partial charge in [0.15, 0.2) is 5.78 Å². The van der Waals surface area contributed by atoms with Crippen LogP contribution in [0.3, 0.4) is 0 Å². The van der Waals surface area contributed by atoms with Crippen molar-refractivity contribution in [1.29, 1.82) is 0 Å². The van der Waals surface area contributed by atoms with E-state index in [0.717, 1.165) is 55.1 Å². The number of piperazine rings is 1. The molecule has 1 atom stereocenters. The van der Waals surface area contributed by atoms with Crippen molar-refractivity contribution in [3.63, 3.8) is 0 Å². The Morgan fingerprint density at radius 3 is 2.25 bits per heavy atom. The highest BCUT2D eigenvalue weighted by Gasteiger charge is 2.27. The Bertz CT molecular complexity index is 1360. The number of hydrogen-bond acceptors (Lipinski definition) is 6. The fourth-order valence-electron chi connectivity index (χ4n) is 5.40. The van der Waals surface area contributed by atoms with Crippen molar-refractivity contribution < 1.29 is 14.7 Å². The van der Waals surface area contributed by atoms with E-state index in [4.69, 9.17) is 0 Å². The number of ketones is 1. The molecule has 1 unspecified atom stereocenters. The second-order valence-electron chi connectivity index (χ2n) is 10.4. The van der Waals surface area contributed by atoms with Gasteiger partial charge in [0.2, 0.25) is 5.91 Å². The van der Waals surface area contributed by atoms with Gasteiger partial charge in [0.1, 0.15) is 5.76 Å². The van der Waals surface area contributed by atoms with Gasteiger partial charge in [-0.3, -0.25) is 24.4 Å². The van der Waals surface area contributed by atoms with Crippen LogP contribution in [0.4, 0.5) is 5.69 Å². The number of aliphatic hydroxyl groups excluding tert-OH is 1. The van der Waals surface area contributed by atoms with Crippen molar-refractivity contribution in [2.24, 2.45) is 4.99 Å². The van der Waals surface area contributed by atoms with E-state index < -0.39 is 0 Å². The van der Waals surface area contributed by atoms with Gasteiger partial charge in [-0.2, -0.15) is 0 Å². The van der Waals surface area contributed by atoms with E-state index in [0.29, 0.717) is 31.5 Å². The van der Waals surface area contributed by atoms with Crippen LogP contribution in [0, 0.1) is 0 Å². The number of benzene rings is 3. The molecule has 2 aliphatic rings. The van der Waals surface area contributed by atoms with Crippen LogP contribution in [0.2, 0.25) is 0 Å². The highest BCUT2D eigenvalue weighted by molar-refractivity contribution is 6.14. The normalized spacial score (nSPS) is 18.8. The van der Waals surface area contributed by atoms with Crippen molar-refractivity contribution in [2.75, 3.05) is 51.1 Å². The molecule has 7 heteroatoms. The SMILES string of the molecule is O=C(CN1CCN(CCN=CC2=C(O)CC(c3ccccc3)CC2=O)CC1)Nc1ccccc1-c1ccccc1. The molecule has 0 aromatic heterocycles. The first-order valence-corrected chi connectivity index (χ1v) is 14.0. The van der Waals surface area contributed by atoms with Crippen LogP contribution in [-0.2, 0) is 9.59 Å². The number of aliphatic hydroxyl groups is 1. The molecule has 1 amide bonds. The zero-order valence-electron chi connectivity index (χ0n) is 22.7. The molecule has 1 fully saturated rings. The predicted octanol–water partition coefficient (Wildman–Crippen LogP) is 4.94. The minimum atomic E-state index is -0.0559. The molecule has 0 radical (unpaired) electrons. The van der Waals surface area contributed by atoms with Gasteiger partial charge in [0, 0.05) is 63.0 Å². The summed E-state index contributed by atoms with van der Waals surface area (Å²) < 4.78 is 0. The number of nitrogens with one attached hydrogen (secondary N) is 1. The molecule has 1 heterocycles. The number of allylic oxidation sites excluding steroid dienone is 2. The molecule has 7 nitrogen and oxygen atoms in total. The number of aliphatic imine (C=N–C) groups is 1. The quantitative estimate of drug-likeness (QED) is 0.379. The molecule has 3 aromatic rings. The number of hydrogen-bond donors (Lipinski definition) is 2. The third-order valence-electron chi connectivity index (χ3n) is 7.64. The summed E-state index contributed by atoms with van der Waals surface area (Å²) in [5.74, 6) is 0.0794. The summed E-state index contributed by atoms with van der Waals surface area (Å²) in [7, 11) is 0.